The number of carbonyl (C=O) groups excluding carboxylic acids is 1. The fraction of sp³-hybridized carbons (Fsp3) is 0.889. The lowest BCUT2D eigenvalue weighted by Crippen LogP contribution is -2.45. The molecule has 0 fully saturated rings. The fourth-order valence-corrected chi connectivity index (χ4v) is 5.67. The van der Waals surface area contributed by atoms with Gasteiger partial charge in [-0.2, -0.15) is 0 Å². The molecule has 0 N–H and O–H groups in total. The van der Waals surface area contributed by atoms with Gasteiger partial charge in [0.05, 0.1) is 5.73 Å². The Hall–Kier alpha value is -0.0231. The van der Waals surface area contributed by atoms with Crippen LogP contribution in [-0.4, -0.2) is 19.2 Å². The largest absolute Gasteiger partial charge is 0.455 e. The zero-order valence-electron chi connectivity index (χ0n) is 8.89. The van der Waals surface area contributed by atoms with Crippen molar-refractivity contribution in [2.24, 2.45) is 0 Å². The monoisotopic (exact) mass is 222 g/mol. The summed E-state index contributed by atoms with van der Waals surface area (Å²) in [5.74, 6) is 0. The molecule has 0 heterocycles. The number of rotatable bonds is 5. The minimum absolute atomic E-state index is 0.0394. The summed E-state index contributed by atoms with van der Waals surface area (Å²) in [5, 5.41) is 0. The van der Waals surface area contributed by atoms with Crippen LogP contribution < -0.4 is 0 Å². The molecule has 0 aromatic heterocycles. The quantitative estimate of drug-likeness (QED) is 0.523. The summed E-state index contributed by atoms with van der Waals surface area (Å²) in [6.45, 7) is 8.51. The highest BCUT2D eigenvalue weighted by Crippen LogP contribution is 2.26. The molecule has 0 saturated heterocycles. The number of hydrogen-bond donors (Lipinski definition) is 0. The van der Waals surface area contributed by atoms with E-state index in [0.717, 1.165) is 18.1 Å². The molecule has 2 nitrogen and oxygen atoms in total. The molecular formula is C9H19ClO2Si. The molecule has 0 aliphatic rings. The van der Waals surface area contributed by atoms with Crippen molar-refractivity contribution in [3.05, 3.63) is 0 Å². The Morgan fingerprint density at radius 3 is 1.92 bits per heavy atom. The van der Waals surface area contributed by atoms with Crippen LogP contribution in [0.5, 0.6) is 0 Å². The Bertz CT molecular complexity index is 161. The van der Waals surface area contributed by atoms with Gasteiger partial charge in [0.25, 0.3) is 0 Å². The lowest BCUT2D eigenvalue weighted by Gasteiger charge is -2.33. The molecule has 4 heteroatoms. The van der Waals surface area contributed by atoms with Gasteiger partial charge in [-0.15, -0.1) is 0 Å². The van der Waals surface area contributed by atoms with Crippen molar-refractivity contribution in [3.8, 4) is 0 Å². The average Bonchev–Trinajstić information content (AvgIpc) is 2.07. The van der Waals surface area contributed by atoms with Gasteiger partial charge in [0, 0.05) is 11.6 Å². The minimum atomic E-state index is -1.41. The predicted octanol–water partition coefficient (Wildman–Crippen LogP) is 3.80. The lowest BCUT2D eigenvalue weighted by molar-refractivity contribution is 0.160. The van der Waals surface area contributed by atoms with E-state index in [0.29, 0.717) is 0 Å². The van der Waals surface area contributed by atoms with Crippen molar-refractivity contribution in [2.45, 2.75) is 51.6 Å². The number of halogens is 1. The first-order chi connectivity index (χ1) is 6.02. The van der Waals surface area contributed by atoms with E-state index in [1.165, 1.54) is 0 Å². The summed E-state index contributed by atoms with van der Waals surface area (Å²) in [7, 11) is -1.41. The summed E-state index contributed by atoms with van der Waals surface area (Å²) in [5.41, 5.74) is -0.628. The lowest BCUT2D eigenvalue weighted by atomic mass is 10.8. The molecule has 0 aliphatic carbocycles. The van der Waals surface area contributed by atoms with E-state index in [9.17, 15) is 4.79 Å². The molecule has 0 saturated carbocycles. The van der Waals surface area contributed by atoms with Gasteiger partial charge < -0.3 is 4.74 Å². The van der Waals surface area contributed by atoms with E-state index in [2.05, 4.69) is 20.8 Å². The molecule has 0 amide bonds. The topological polar surface area (TPSA) is 26.3 Å². The van der Waals surface area contributed by atoms with Gasteiger partial charge >= 0.3 is 5.43 Å². The van der Waals surface area contributed by atoms with Crippen LogP contribution in [-0.2, 0) is 4.74 Å². The third-order valence-corrected chi connectivity index (χ3v) is 9.40. The average molecular weight is 223 g/mol. The van der Waals surface area contributed by atoms with E-state index in [1.54, 1.807) is 0 Å². The van der Waals surface area contributed by atoms with Crippen LogP contribution in [0.1, 0.15) is 27.7 Å². The van der Waals surface area contributed by atoms with Crippen LogP contribution in [0.3, 0.4) is 0 Å². The van der Waals surface area contributed by atoms with Crippen LogP contribution >= 0.6 is 11.6 Å². The zero-order valence-corrected chi connectivity index (χ0v) is 10.6. The minimum Gasteiger partial charge on any atom is -0.455 e. The van der Waals surface area contributed by atoms with Crippen molar-refractivity contribution >= 4 is 25.1 Å². The first-order valence-electron chi connectivity index (χ1n) is 4.88. The van der Waals surface area contributed by atoms with Crippen molar-refractivity contribution in [3.63, 3.8) is 0 Å². The van der Waals surface area contributed by atoms with Crippen molar-refractivity contribution < 1.29 is 9.53 Å². The molecule has 0 radical (unpaired) electrons. The zero-order chi connectivity index (χ0) is 10.5. The Morgan fingerprint density at radius 2 is 1.69 bits per heavy atom. The van der Waals surface area contributed by atoms with Crippen LogP contribution in [0.4, 0.5) is 4.79 Å². The molecule has 0 rings (SSSR count). The molecule has 78 valence electrons. The van der Waals surface area contributed by atoms with Gasteiger partial charge in [0.2, 0.25) is 0 Å². The number of carbonyl (C=O) groups is 1. The Labute approximate surface area is 86.6 Å². The van der Waals surface area contributed by atoms with Gasteiger partial charge in [-0.1, -0.05) is 38.9 Å². The van der Waals surface area contributed by atoms with Gasteiger partial charge in [-0.3, -0.25) is 0 Å². The predicted molar refractivity (Wildman–Crippen MR) is 59.0 cm³/mol. The van der Waals surface area contributed by atoms with E-state index < -0.39 is 13.5 Å². The molecule has 0 aromatic rings. The SMILES string of the molecule is CC[Si](CC)(CC)C(C)OC(=O)Cl. The Kier molecular flexibility index (Phi) is 5.64. The summed E-state index contributed by atoms with van der Waals surface area (Å²) in [6, 6.07) is 3.43. The maximum absolute atomic E-state index is 10.6. The first kappa shape index (κ1) is 13.0. The van der Waals surface area contributed by atoms with E-state index in [1.807, 2.05) is 6.92 Å². The summed E-state index contributed by atoms with van der Waals surface area (Å²) < 4.78 is 5.08. The van der Waals surface area contributed by atoms with Gasteiger partial charge in [-0.05, 0) is 6.92 Å². The van der Waals surface area contributed by atoms with Crippen LogP contribution in [0.25, 0.3) is 0 Å². The summed E-state index contributed by atoms with van der Waals surface area (Å²) in [4.78, 5) is 10.6. The molecule has 0 aliphatic heterocycles. The highest BCUT2D eigenvalue weighted by Gasteiger charge is 2.35. The second kappa shape index (κ2) is 5.65. The van der Waals surface area contributed by atoms with Crippen molar-refractivity contribution in [1.82, 2.24) is 0 Å². The summed E-state index contributed by atoms with van der Waals surface area (Å²) in [6.07, 6.45) is 0. The molecule has 13 heavy (non-hydrogen) atoms. The molecule has 0 bridgehead atoms. The van der Waals surface area contributed by atoms with Crippen molar-refractivity contribution in [1.29, 1.82) is 0 Å². The first-order valence-corrected chi connectivity index (χ1v) is 7.96. The van der Waals surface area contributed by atoms with Crippen molar-refractivity contribution in [2.75, 3.05) is 0 Å². The highest BCUT2D eigenvalue weighted by atomic mass is 35.5. The fourth-order valence-electron chi connectivity index (χ4n) is 1.88. The number of ether oxygens (including phenoxy) is 1. The second-order valence-electron chi connectivity index (χ2n) is 3.42. The van der Waals surface area contributed by atoms with Gasteiger partial charge in [-0.25, -0.2) is 4.79 Å². The van der Waals surface area contributed by atoms with Crippen LogP contribution in [0.15, 0.2) is 0 Å². The second-order valence-corrected chi connectivity index (χ2v) is 9.39. The standard InChI is InChI=1S/C9H19ClO2Si/c1-5-13(6-2,7-3)8(4)12-9(10)11/h8H,5-7H2,1-4H3. The molecule has 1 unspecified atom stereocenters. The van der Waals surface area contributed by atoms with E-state index in [4.69, 9.17) is 16.3 Å². The van der Waals surface area contributed by atoms with Gasteiger partial charge in [0.15, 0.2) is 0 Å². The smallest absolute Gasteiger partial charge is 0.403 e. The van der Waals surface area contributed by atoms with Crippen LogP contribution in [0, 0.1) is 0 Å². The Balaban J connectivity index is 4.43. The van der Waals surface area contributed by atoms with E-state index >= 15 is 0 Å². The molecule has 0 aromatic carbocycles. The summed E-state index contributed by atoms with van der Waals surface area (Å²) >= 11 is 5.21. The maximum atomic E-state index is 10.6. The number of hydrogen-bond acceptors (Lipinski definition) is 2. The third-order valence-electron chi connectivity index (χ3n) is 3.24. The van der Waals surface area contributed by atoms with Crippen LogP contribution in [0.2, 0.25) is 18.1 Å². The normalized spacial score (nSPS) is 13.9. The maximum Gasteiger partial charge on any atom is 0.403 e. The molecular weight excluding hydrogens is 204 g/mol. The third kappa shape index (κ3) is 3.31. The Morgan fingerprint density at radius 1 is 1.31 bits per heavy atom. The highest BCUT2D eigenvalue weighted by molar-refractivity contribution is 6.81. The van der Waals surface area contributed by atoms with Gasteiger partial charge in [0.1, 0.15) is 8.07 Å². The van der Waals surface area contributed by atoms with E-state index in [-0.39, 0.29) is 5.73 Å². The molecule has 0 spiro atoms. The molecule has 1 atom stereocenters.